The van der Waals surface area contributed by atoms with E-state index in [-0.39, 0.29) is 5.82 Å². The maximum Gasteiger partial charge on any atom is 0.148 e. The number of benzene rings is 3. The summed E-state index contributed by atoms with van der Waals surface area (Å²) in [6, 6.07) is 18.2. The van der Waals surface area contributed by atoms with Crippen molar-refractivity contribution in [3.63, 3.8) is 0 Å². The molecule has 0 fully saturated rings. The highest BCUT2D eigenvalue weighted by Crippen LogP contribution is 2.28. The average molecular weight is 407 g/mol. The summed E-state index contributed by atoms with van der Waals surface area (Å²) in [6.07, 6.45) is 3.26. The van der Waals surface area contributed by atoms with Crippen LogP contribution in [0.5, 0.6) is 0 Å². The lowest BCUT2D eigenvalue weighted by Gasteiger charge is -2.10. The van der Waals surface area contributed by atoms with Crippen molar-refractivity contribution in [2.75, 3.05) is 0 Å². The zero-order chi connectivity index (χ0) is 20.0. The molecule has 4 nitrogen and oxygen atoms in total. The van der Waals surface area contributed by atoms with E-state index in [0.29, 0.717) is 10.7 Å². The molecule has 142 valence electrons. The lowest BCUT2D eigenvalue weighted by atomic mass is 10.1. The van der Waals surface area contributed by atoms with Gasteiger partial charge < -0.3 is 0 Å². The van der Waals surface area contributed by atoms with E-state index in [1.54, 1.807) is 46.0 Å². The molecule has 0 aliphatic rings. The topological polar surface area (TPSA) is 35.6 Å². The standard InChI is InChI=1S/C22H13ClF2N4/c23-15-2-8-21(18(25)12-15)28-13-26-19-7-1-14(11-22(19)28)20-9-10-27-29(20)17-5-3-16(24)4-6-17/h1-13H. The summed E-state index contributed by atoms with van der Waals surface area (Å²) in [4.78, 5) is 4.37. The van der Waals surface area contributed by atoms with Gasteiger partial charge in [0.2, 0.25) is 0 Å². The Kier molecular flexibility index (Phi) is 4.14. The molecule has 0 aliphatic heterocycles. The van der Waals surface area contributed by atoms with Crippen LogP contribution in [0, 0.1) is 11.6 Å². The van der Waals surface area contributed by atoms with Crippen molar-refractivity contribution in [3.8, 4) is 22.6 Å². The molecule has 29 heavy (non-hydrogen) atoms. The Morgan fingerprint density at radius 2 is 1.69 bits per heavy atom. The molecule has 0 atom stereocenters. The first-order valence-electron chi connectivity index (χ1n) is 8.83. The number of rotatable bonds is 3. The van der Waals surface area contributed by atoms with Gasteiger partial charge in [0.15, 0.2) is 0 Å². The van der Waals surface area contributed by atoms with E-state index in [9.17, 15) is 8.78 Å². The molecule has 3 aromatic carbocycles. The van der Waals surface area contributed by atoms with Crippen LogP contribution in [0.4, 0.5) is 8.78 Å². The zero-order valence-electron chi connectivity index (χ0n) is 14.9. The molecule has 0 aliphatic carbocycles. The van der Waals surface area contributed by atoms with Crippen LogP contribution < -0.4 is 0 Å². The Balaban J connectivity index is 1.65. The van der Waals surface area contributed by atoms with Gasteiger partial charge in [0, 0.05) is 10.6 Å². The molecule has 0 unspecified atom stereocenters. The highest BCUT2D eigenvalue weighted by atomic mass is 35.5. The van der Waals surface area contributed by atoms with E-state index in [4.69, 9.17) is 11.6 Å². The highest BCUT2D eigenvalue weighted by Gasteiger charge is 2.13. The smallest absolute Gasteiger partial charge is 0.148 e. The summed E-state index contributed by atoms with van der Waals surface area (Å²) in [5.41, 5.74) is 4.27. The minimum atomic E-state index is -0.432. The molecule has 0 N–H and O–H groups in total. The molecular formula is C22H13ClF2N4. The number of nitrogens with zero attached hydrogens (tertiary/aromatic N) is 4. The molecule has 0 amide bonds. The van der Waals surface area contributed by atoms with Crippen molar-refractivity contribution in [1.29, 1.82) is 0 Å². The molecule has 0 bridgehead atoms. The number of hydrogen-bond acceptors (Lipinski definition) is 2. The van der Waals surface area contributed by atoms with Crippen LogP contribution in [0.1, 0.15) is 0 Å². The molecule has 0 spiro atoms. The molecule has 2 aromatic heterocycles. The SMILES string of the molecule is Fc1ccc(-n2nccc2-c2ccc3ncn(-c4ccc(Cl)cc4F)c3c2)cc1. The van der Waals surface area contributed by atoms with E-state index < -0.39 is 5.82 Å². The fraction of sp³-hybridized carbons (Fsp3) is 0. The predicted molar refractivity (Wildman–Crippen MR) is 109 cm³/mol. The Labute approximate surface area is 169 Å². The number of fused-ring (bicyclic) bond motifs is 1. The van der Waals surface area contributed by atoms with Crippen molar-refractivity contribution in [2.24, 2.45) is 0 Å². The van der Waals surface area contributed by atoms with Gasteiger partial charge in [-0.15, -0.1) is 0 Å². The second-order valence-electron chi connectivity index (χ2n) is 6.52. The van der Waals surface area contributed by atoms with Crippen LogP contribution in [0.2, 0.25) is 5.02 Å². The number of aromatic nitrogens is 4. The molecule has 5 aromatic rings. The van der Waals surface area contributed by atoms with E-state index in [2.05, 4.69) is 10.1 Å². The van der Waals surface area contributed by atoms with Crippen LogP contribution in [0.15, 0.2) is 79.3 Å². The molecule has 5 rings (SSSR count). The summed E-state index contributed by atoms with van der Waals surface area (Å²) in [5.74, 6) is -0.740. The maximum atomic E-state index is 14.5. The van der Waals surface area contributed by atoms with Gasteiger partial charge in [0.05, 0.1) is 34.3 Å². The first-order valence-corrected chi connectivity index (χ1v) is 9.21. The van der Waals surface area contributed by atoms with E-state index >= 15 is 0 Å². The fourth-order valence-corrected chi connectivity index (χ4v) is 3.50. The van der Waals surface area contributed by atoms with Gasteiger partial charge in [0.25, 0.3) is 0 Å². The lowest BCUT2D eigenvalue weighted by Crippen LogP contribution is -1.99. The van der Waals surface area contributed by atoms with Crippen LogP contribution in [-0.4, -0.2) is 19.3 Å². The first kappa shape index (κ1) is 17.6. The van der Waals surface area contributed by atoms with Crippen LogP contribution >= 0.6 is 11.6 Å². The predicted octanol–water partition coefficient (Wildman–Crippen LogP) is 5.81. The van der Waals surface area contributed by atoms with Gasteiger partial charge >= 0.3 is 0 Å². The zero-order valence-corrected chi connectivity index (χ0v) is 15.7. The van der Waals surface area contributed by atoms with Gasteiger partial charge in [0.1, 0.15) is 18.0 Å². The van der Waals surface area contributed by atoms with Crippen molar-refractivity contribution in [3.05, 3.63) is 95.9 Å². The number of hydrogen-bond donors (Lipinski definition) is 0. The van der Waals surface area contributed by atoms with Crippen molar-refractivity contribution >= 4 is 22.6 Å². The van der Waals surface area contributed by atoms with Crippen molar-refractivity contribution in [2.45, 2.75) is 0 Å². The molecule has 0 saturated carbocycles. The third-order valence-corrected chi connectivity index (χ3v) is 4.96. The van der Waals surface area contributed by atoms with Gasteiger partial charge in [-0.3, -0.25) is 4.57 Å². The molecule has 2 heterocycles. The van der Waals surface area contributed by atoms with Crippen molar-refractivity contribution < 1.29 is 8.78 Å². The van der Waals surface area contributed by atoms with Crippen molar-refractivity contribution in [1.82, 2.24) is 19.3 Å². The van der Waals surface area contributed by atoms with E-state index in [0.717, 1.165) is 28.0 Å². The summed E-state index contributed by atoms with van der Waals surface area (Å²) < 4.78 is 31.1. The minimum Gasteiger partial charge on any atom is -0.296 e. The molecule has 7 heteroatoms. The average Bonchev–Trinajstić information content (AvgIpc) is 3.35. The normalized spacial score (nSPS) is 11.3. The second-order valence-corrected chi connectivity index (χ2v) is 6.95. The fourth-order valence-electron chi connectivity index (χ4n) is 3.35. The van der Waals surface area contributed by atoms with Crippen LogP contribution in [-0.2, 0) is 0 Å². The third kappa shape index (κ3) is 3.07. The molecule has 0 radical (unpaired) electrons. The number of halogens is 3. The number of imidazole rings is 1. The van der Waals surface area contributed by atoms with Gasteiger partial charge in [-0.1, -0.05) is 17.7 Å². The second kappa shape index (κ2) is 6.83. The highest BCUT2D eigenvalue weighted by molar-refractivity contribution is 6.30. The quantitative estimate of drug-likeness (QED) is 0.379. The Morgan fingerprint density at radius 3 is 2.48 bits per heavy atom. The van der Waals surface area contributed by atoms with Crippen LogP contribution in [0.25, 0.3) is 33.7 Å². The summed E-state index contributed by atoms with van der Waals surface area (Å²) in [5, 5.41) is 4.69. The Hall–Kier alpha value is -3.51. The van der Waals surface area contributed by atoms with Gasteiger partial charge in [-0.25, -0.2) is 18.4 Å². The van der Waals surface area contributed by atoms with Gasteiger partial charge in [-0.05, 0) is 60.7 Å². The summed E-state index contributed by atoms with van der Waals surface area (Å²) in [6.45, 7) is 0. The van der Waals surface area contributed by atoms with E-state index in [1.807, 2.05) is 24.3 Å². The Morgan fingerprint density at radius 1 is 0.862 bits per heavy atom. The van der Waals surface area contributed by atoms with Gasteiger partial charge in [-0.2, -0.15) is 5.10 Å². The first-order chi connectivity index (χ1) is 14.1. The summed E-state index contributed by atoms with van der Waals surface area (Å²) in [7, 11) is 0. The maximum absolute atomic E-state index is 14.5. The third-order valence-electron chi connectivity index (χ3n) is 4.73. The minimum absolute atomic E-state index is 0.308. The molecular weight excluding hydrogens is 394 g/mol. The monoisotopic (exact) mass is 406 g/mol. The molecule has 0 saturated heterocycles. The van der Waals surface area contributed by atoms with Crippen LogP contribution in [0.3, 0.4) is 0 Å². The Bertz CT molecular complexity index is 1340. The largest absolute Gasteiger partial charge is 0.296 e. The van der Waals surface area contributed by atoms with E-state index in [1.165, 1.54) is 18.2 Å². The lowest BCUT2D eigenvalue weighted by molar-refractivity contribution is 0.619. The summed E-state index contributed by atoms with van der Waals surface area (Å²) >= 11 is 5.88.